The van der Waals surface area contributed by atoms with Crippen molar-refractivity contribution in [2.75, 3.05) is 13.7 Å². The van der Waals surface area contributed by atoms with E-state index in [-0.39, 0.29) is 12.5 Å². The molecule has 0 radical (unpaired) electrons. The van der Waals surface area contributed by atoms with E-state index in [9.17, 15) is 15.0 Å². The average molecular weight is 205 g/mol. The lowest BCUT2D eigenvalue weighted by molar-refractivity contribution is -0.235. The van der Waals surface area contributed by atoms with Crippen LogP contribution in [0.3, 0.4) is 0 Å². The van der Waals surface area contributed by atoms with Crippen LogP contribution in [0.1, 0.15) is 6.92 Å². The van der Waals surface area contributed by atoms with Crippen molar-refractivity contribution in [3.63, 3.8) is 0 Å². The lowest BCUT2D eigenvalue weighted by Gasteiger charge is -2.37. The molecule has 0 aromatic carbocycles. The van der Waals surface area contributed by atoms with Gasteiger partial charge in [-0.25, -0.2) is 0 Å². The van der Waals surface area contributed by atoms with Gasteiger partial charge in [0.05, 0.1) is 12.6 Å². The molecule has 0 aromatic heterocycles. The molecule has 0 unspecified atom stereocenters. The van der Waals surface area contributed by atoms with E-state index >= 15 is 0 Å². The standard InChI is InChI=1S/C8H15NO5/c1-4(10)9-6-5(11)3-14-8(13-2)7(6)12/h5-8,11-12H,3H2,1-2H3,(H,9,10)/t5-,6-,7-,8-/m1/s1. The monoisotopic (exact) mass is 205 g/mol. The lowest BCUT2D eigenvalue weighted by Crippen LogP contribution is -2.60. The van der Waals surface area contributed by atoms with E-state index in [1.54, 1.807) is 0 Å². The van der Waals surface area contributed by atoms with Gasteiger partial charge in [0.15, 0.2) is 6.29 Å². The number of nitrogens with one attached hydrogen (secondary N) is 1. The fourth-order valence-corrected chi connectivity index (χ4v) is 1.42. The summed E-state index contributed by atoms with van der Waals surface area (Å²) in [6.45, 7) is 1.34. The smallest absolute Gasteiger partial charge is 0.217 e. The molecule has 1 saturated heterocycles. The third-order valence-electron chi connectivity index (χ3n) is 2.09. The average Bonchev–Trinajstić information content (AvgIpc) is 2.12. The van der Waals surface area contributed by atoms with Crippen LogP contribution in [0.4, 0.5) is 0 Å². The van der Waals surface area contributed by atoms with Crippen molar-refractivity contribution in [1.29, 1.82) is 0 Å². The number of rotatable bonds is 2. The molecular weight excluding hydrogens is 190 g/mol. The Kier molecular flexibility index (Phi) is 3.82. The maximum absolute atomic E-state index is 10.8. The zero-order valence-electron chi connectivity index (χ0n) is 8.14. The van der Waals surface area contributed by atoms with Crippen LogP contribution in [0.25, 0.3) is 0 Å². The van der Waals surface area contributed by atoms with Crippen LogP contribution in [0.5, 0.6) is 0 Å². The fourth-order valence-electron chi connectivity index (χ4n) is 1.42. The maximum atomic E-state index is 10.8. The summed E-state index contributed by atoms with van der Waals surface area (Å²) in [5.41, 5.74) is 0. The minimum atomic E-state index is -1.06. The Balaban J connectivity index is 2.63. The number of carbonyl (C=O) groups excluding carboxylic acids is 1. The molecule has 6 heteroatoms. The van der Waals surface area contributed by atoms with E-state index in [2.05, 4.69) is 5.32 Å². The predicted molar refractivity (Wildman–Crippen MR) is 46.4 cm³/mol. The van der Waals surface area contributed by atoms with Crippen molar-refractivity contribution in [3.8, 4) is 0 Å². The van der Waals surface area contributed by atoms with Gasteiger partial charge in [0.25, 0.3) is 0 Å². The molecular formula is C8H15NO5. The van der Waals surface area contributed by atoms with Crippen LogP contribution in [-0.4, -0.2) is 54.4 Å². The number of hydrogen-bond acceptors (Lipinski definition) is 5. The molecule has 1 amide bonds. The molecule has 1 aliphatic heterocycles. The van der Waals surface area contributed by atoms with Crippen LogP contribution in [-0.2, 0) is 14.3 Å². The number of carbonyl (C=O) groups is 1. The van der Waals surface area contributed by atoms with E-state index in [1.807, 2.05) is 0 Å². The topological polar surface area (TPSA) is 88.0 Å². The molecule has 3 N–H and O–H groups in total. The molecule has 1 fully saturated rings. The zero-order valence-corrected chi connectivity index (χ0v) is 8.14. The second-order valence-corrected chi connectivity index (χ2v) is 3.22. The minimum absolute atomic E-state index is 0.0283. The highest BCUT2D eigenvalue weighted by Crippen LogP contribution is 2.15. The van der Waals surface area contributed by atoms with Crippen molar-refractivity contribution < 1.29 is 24.5 Å². The normalized spacial score (nSPS) is 38.0. The van der Waals surface area contributed by atoms with Crippen LogP contribution in [0.15, 0.2) is 0 Å². The molecule has 1 rings (SSSR count). The molecule has 4 atom stereocenters. The second kappa shape index (κ2) is 4.70. The number of amides is 1. The molecule has 82 valence electrons. The second-order valence-electron chi connectivity index (χ2n) is 3.22. The quantitative estimate of drug-likeness (QED) is 0.496. The molecule has 0 bridgehead atoms. The molecule has 0 aromatic rings. The Bertz CT molecular complexity index is 210. The summed E-state index contributed by atoms with van der Waals surface area (Å²) in [5.74, 6) is -0.315. The summed E-state index contributed by atoms with van der Waals surface area (Å²) in [5, 5.41) is 21.5. The highest BCUT2D eigenvalue weighted by Gasteiger charge is 2.39. The van der Waals surface area contributed by atoms with Crippen LogP contribution in [0, 0.1) is 0 Å². The van der Waals surface area contributed by atoms with Crippen molar-refractivity contribution in [1.82, 2.24) is 5.32 Å². The van der Waals surface area contributed by atoms with Gasteiger partial charge in [0.1, 0.15) is 12.2 Å². The maximum Gasteiger partial charge on any atom is 0.217 e. The largest absolute Gasteiger partial charge is 0.388 e. The van der Waals surface area contributed by atoms with Crippen molar-refractivity contribution >= 4 is 5.91 Å². The first-order valence-electron chi connectivity index (χ1n) is 4.34. The summed E-state index contributed by atoms with van der Waals surface area (Å²) in [4.78, 5) is 10.8. The van der Waals surface area contributed by atoms with Crippen LogP contribution in [0.2, 0.25) is 0 Å². The summed E-state index contributed by atoms with van der Waals surface area (Å²) < 4.78 is 9.82. The Morgan fingerprint density at radius 1 is 1.57 bits per heavy atom. The summed E-state index contributed by atoms with van der Waals surface area (Å²) in [6, 6.07) is -0.744. The molecule has 0 aliphatic carbocycles. The van der Waals surface area contributed by atoms with Crippen molar-refractivity contribution in [2.45, 2.75) is 31.5 Å². The van der Waals surface area contributed by atoms with Gasteiger partial charge in [0.2, 0.25) is 5.91 Å². The van der Waals surface area contributed by atoms with Gasteiger partial charge in [0, 0.05) is 14.0 Å². The van der Waals surface area contributed by atoms with E-state index < -0.39 is 24.5 Å². The van der Waals surface area contributed by atoms with Gasteiger partial charge < -0.3 is 25.0 Å². The molecule has 0 saturated carbocycles. The first kappa shape index (κ1) is 11.4. The molecule has 6 nitrogen and oxygen atoms in total. The van der Waals surface area contributed by atoms with E-state index in [0.29, 0.717) is 0 Å². The predicted octanol–water partition coefficient (Wildman–Crippen LogP) is -1.78. The molecule has 0 spiro atoms. The van der Waals surface area contributed by atoms with Crippen molar-refractivity contribution in [3.05, 3.63) is 0 Å². The van der Waals surface area contributed by atoms with E-state index in [4.69, 9.17) is 9.47 Å². The zero-order chi connectivity index (χ0) is 10.7. The van der Waals surface area contributed by atoms with Gasteiger partial charge in [-0.1, -0.05) is 0 Å². The number of aliphatic hydroxyl groups excluding tert-OH is 2. The highest BCUT2D eigenvalue weighted by molar-refractivity contribution is 5.73. The van der Waals surface area contributed by atoms with Gasteiger partial charge >= 0.3 is 0 Å². The lowest BCUT2D eigenvalue weighted by atomic mass is 10.0. The summed E-state index contributed by atoms with van der Waals surface area (Å²) in [6.07, 6.45) is -2.79. The van der Waals surface area contributed by atoms with Crippen molar-refractivity contribution in [2.24, 2.45) is 0 Å². The SMILES string of the molecule is CO[C@@H]1OC[C@@H](O)[C@@H](NC(C)=O)[C@H]1O. The van der Waals surface area contributed by atoms with Gasteiger partial charge in [-0.2, -0.15) is 0 Å². The van der Waals surface area contributed by atoms with E-state index in [1.165, 1.54) is 14.0 Å². The Morgan fingerprint density at radius 2 is 2.21 bits per heavy atom. The third kappa shape index (κ3) is 2.42. The number of ether oxygens (including phenoxy) is 2. The highest BCUT2D eigenvalue weighted by atomic mass is 16.7. The van der Waals surface area contributed by atoms with Crippen LogP contribution < -0.4 is 5.32 Å². The van der Waals surface area contributed by atoms with Gasteiger partial charge in [-0.15, -0.1) is 0 Å². The molecule has 14 heavy (non-hydrogen) atoms. The Hall–Kier alpha value is -0.690. The first-order valence-corrected chi connectivity index (χ1v) is 4.34. The van der Waals surface area contributed by atoms with Crippen LogP contribution >= 0.6 is 0 Å². The Labute approximate surface area is 81.8 Å². The molecule has 1 heterocycles. The number of aliphatic hydroxyl groups is 2. The fraction of sp³-hybridized carbons (Fsp3) is 0.875. The summed E-state index contributed by atoms with van der Waals surface area (Å²) in [7, 11) is 1.39. The number of methoxy groups -OCH3 is 1. The van der Waals surface area contributed by atoms with Gasteiger partial charge in [-0.3, -0.25) is 4.79 Å². The van der Waals surface area contributed by atoms with E-state index in [0.717, 1.165) is 0 Å². The molecule has 1 aliphatic rings. The summed E-state index contributed by atoms with van der Waals surface area (Å²) >= 11 is 0. The minimum Gasteiger partial charge on any atom is -0.388 e. The van der Waals surface area contributed by atoms with Gasteiger partial charge in [-0.05, 0) is 0 Å². The third-order valence-corrected chi connectivity index (χ3v) is 2.09. The Morgan fingerprint density at radius 3 is 2.71 bits per heavy atom. The number of hydrogen-bond donors (Lipinski definition) is 3. The first-order chi connectivity index (χ1) is 6.56.